The summed E-state index contributed by atoms with van der Waals surface area (Å²) in [5.41, 5.74) is 2.90. The highest BCUT2D eigenvalue weighted by Crippen LogP contribution is 2.38. The van der Waals surface area contributed by atoms with Gasteiger partial charge in [-0.25, -0.2) is 17.6 Å². The summed E-state index contributed by atoms with van der Waals surface area (Å²) in [5.74, 6) is -5.85. The first-order valence-electron chi connectivity index (χ1n) is 13.1. The van der Waals surface area contributed by atoms with Gasteiger partial charge in [0.25, 0.3) is 5.91 Å². The highest BCUT2D eigenvalue weighted by atomic mass is 35.5. The maximum atomic E-state index is 15.7. The van der Waals surface area contributed by atoms with E-state index in [9.17, 15) is 14.3 Å². The zero-order valence-corrected chi connectivity index (χ0v) is 24.3. The molecule has 0 unspecified atom stereocenters. The smallest absolute Gasteiger partial charge is 0.258 e. The van der Waals surface area contributed by atoms with E-state index >= 15 is 13.2 Å². The Labute approximate surface area is 253 Å². The molecule has 0 saturated carbocycles. The van der Waals surface area contributed by atoms with Crippen LogP contribution in [0.2, 0.25) is 0 Å². The van der Waals surface area contributed by atoms with Crippen LogP contribution in [0.4, 0.5) is 28.9 Å². The number of nitrogens with one attached hydrogen (secondary N) is 1. The average molecular weight is 631 g/mol. The van der Waals surface area contributed by atoms with E-state index in [0.717, 1.165) is 30.7 Å². The molecular formula is C29H32Cl2F4N4O3. The summed E-state index contributed by atoms with van der Waals surface area (Å²) in [5, 5.41) is 13.4. The monoisotopic (exact) mass is 630 g/mol. The fraction of sp³-hybridized carbons (Fsp3) is 0.379. The summed E-state index contributed by atoms with van der Waals surface area (Å²) in [7, 11) is 0. The van der Waals surface area contributed by atoms with Gasteiger partial charge in [0, 0.05) is 51.4 Å². The maximum absolute atomic E-state index is 15.7. The van der Waals surface area contributed by atoms with Gasteiger partial charge in [-0.15, -0.1) is 24.8 Å². The molecule has 1 amide bonds. The number of nitrogens with zero attached hydrogens (tertiary/aromatic N) is 2. The Kier molecular flexibility index (Phi) is 10.8. The third-order valence-electron chi connectivity index (χ3n) is 7.56. The first-order valence-corrected chi connectivity index (χ1v) is 13.1. The van der Waals surface area contributed by atoms with Crippen LogP contribution in [-0.2, 0) is 10.3 Å². The molecule has 4 N–H and O–H groups in total. The van der Waals surface area contributed by atoms with Gasteiger partial charge in [-0.2, -0.15) is 0 Å². The summed E-state index contributed by atoms with van der Waals surface area (Å²) in [6.45, 7) is 3.69. The van der Waals surface area contributed by atoms with E-state index in [4.69, 9.17) is 10.5 Å². The molecule has 42 heavy (non-hydrogen) atoms. The molecule has 2 aliphatic rings. The number of carbonyl (C=O) groups is 1. The molecular weight excluding hydrogens is 599 g/mol. The van der Waals surface area contributed by atoms with E-state index in [1.165, 1.54) is 6.20 Å². The van der Waals surface area contributed by atoms with Crippen molar-refractivity contribution in [2.75, 3.05) is 36.5 Å². The number of carbonyl (C=O) groups excluding carboxylic acids is 1. The van der Waals surface area contributed by atoms with E-state index in [2.05, 4.69) is 17.2 Å². The van der Waals surface area contributed by atoms with Crippen molar-refractivity contribution in [1.82, 2.24) is 4.98 Å². The number of benzene rings is 2. The van der Waals surface area contributed by atoms with Crippen LogP contribution in [0.1, 0.15) is 42.1 Å². The van der Waals surface area contributed by atoms with Gasteiger partial charge in [0.1, 0.15) is 23.3 Å². The van der Waals surface area contributed by atoms with Gasteiger partial charge < -0.3 is 25.8 Å². The third kappa shape index (κ3) is 6.65. The minimum absolute atomic E-state index is 0. The highest BCUT2D eigenvalue weighted by Gasteiger charge is 2.34. The Morgan fingerprint density at radius 2 is 1.71 bits per heavy atom. The number of aromatic nitrogens is 1. The van der Waals surface area contributed by atoms with Crippen LogP contribution in [0.25, 0.3) is 11.1 Å². The van der Waals surface area contributed by atoms with Crippen LogP contribution in [0.15, 0.2) is 42.7 Å². The van der Waals surface area contributed by atoms with E-state index in [0.29, 0.717) is 24.7 Å². The molecule has 1 aromatic heterocycles. The average Bonchev–Trinajstić information content (AvgIpc) is 2.90. The molecule has 0 aliphatic carbocycles. The highest BCUT2D eigenvalue weighted by molar-refractivity contribution is 6.06. The van der Waals surface area contributed by atoms with Crippen molar-refractivity contribution in [1.29, 1.82) is 0 Å². The molecule has 2 aromatic carbocycles. The Bertz CT molecular complexity index is 1410. The Morgan fingerprint density at radius 1 is 1.05 bits per heavy atom. The van der Waals surface area contributed by atoms with E-state index in [-0.39, 0.29) is 68.2 Å². The predicted molar refractivity (Wildman–Crippen MR) is 156 cm³/mol. The number of hydrogen-bond donors (Lipinski definition) is 3. The van der Waals surface area contributed by atoms with Gasteiger partial charge in [-0.05, 0) is 48.2 Å². The zero-order valence-electron chi connectivity index (χ0n) is 22.7. The number of aliphatic hydroxyl groups is 1. The minimum Gasteiger partial charge on any atom is -0.385 e. The van der Waals surface area contributed by atoms with Gasteiger partial charge in [0.2, 0.25) is 0 Å². The zero-order chi connectivity index (χ0) is 28.6. The van der Waals surface area contributed by atoms with Crippen molar-refractivity contribution in [3.63, 3.8) is 0 Å². The summed E-state index contributed by atoms with van der Waals surface area (Å²) >= 11 is 0. The lowest BCUT2D eigenvalue weighted by Gasteiger charge is -2.37. The van der Waals surface area contributed by atoms with Crippen LogP contribution in [0, 0.1) is 29.2 Å². The molecule has 7 nitrogen and oxygen atoms in total. The van der Waals surface area contributed by atoms with Gasteiger partial charge in [0.15, 0.2) is 0 Å². The summed E-state index contributed by atoms with van der Waals surface area (Å²) in [4.78, 5) is 19.2. The predicted octanol–water partition coefficient (Wildman–Crippen LogP) is 5.57. The number of piperidine rings is 1. The SMILES string of the molecule is C[C@@H]1C[C@H](N)CN(c2ccncc2NC(=O)c2ccc(F)c(-c3c(F)cc(C4(O)CCOCC4)cc3F)c2F)C1.Cl.Cl. The molecule has 3 aromatic rings. The molecule has 2 atom stereocenters. The Morgan fingerprint density at radius 3 is 2.36 bits per heavy atom. The number of pyridine rings is 1. The molecule has 0 radical (unpaired) electrons. The van der Waals surface area contributed by atoms with Crippen LogP contribution in [-0.4, -0.2) is 48.3 Å². The molecule has 228 valence electrons. The Balaban J connectivity index is 0.00000242. The van der Waals surface area contributed by atoms with E-state index < -0.39 is 51.5 Å². The fourth-order valence-electron chi connectivity index (χ4n) is 5.58. The number of amides is 1. The molecule has 13 heteroatoms. The van der Waals surface area contributed by atoms with Crippen molar-refractivity contribution in [2.45, 2.75) is 37.8 Å². The summed E-state index contributed by atoms with van der Waals surface area (Å²) < 4.78 is 66.2. The minimum atomic E-state index is -1.53. The Hall–Kier alpha value is -2.96. The number of nitrogens with two attached hydrogens (primary N) is 1. The molecule has 2 aliphatic heterocycles. The largest absolute Gasteiger partial charge is 0.385 e. The number of ether oxygens (including phenoxy) is 1. The lowest BCUT2D eigenvalue weighted by atomic mass is 9.85. The van der Waals surface area contributed by atoms with Crippen LogP contribution < -0.4 is 16.0 Å². The van der Waals surface area contributed by atoms with Gasteiger partial charge in [-0.3, -0.25) is 9.78 Å². The second-order valence-corrected chi connectivity index (χ2v) is 10.6. The van der Waals surface area contributed by atoms with Crippen LogP contribution in [0.3, 0.4) is 0 Å². The number of anilines is 2. The van der Waals surface area contributed by atoms with Crippen molar-refractivity contribution in [3.8, 4) is 11.1 Å². The standard InChI is InChI=1S/C29H30F4N4O3.2ClH/c1-16-10-18(34)15-37(14-16)24-4-7-35-13-23(24)36-28(38)19-2-3-20(30)26(27(19)33)25-21(31)11-17(12-22(25)32)29(39)5-8-40-9-6-29;;/h2-4,7,11-13,16,18,39H,5-6,8-10,14-15,34H2,1H3,(H,36,38);2*1H/t16-,18+;;/m1../s1. The lowest BCUT2D eigenvalue weighted by Crippen LogP contribution is -2.46. The normalized spacial score (nSPS) is 19.8. The first-order chi connectivity index (χ1) is 19.1. The van der Waals surface area contributed by atoms with Crippen molar-refractivity contribution < 1.29 is 32.2 Å². The fourth-order valence-corrected chi connectivity index (χ4v) is 5.58. The second-order valence-electron chi connectivity index (χ2n) is 10.6. The second kappa shape index (κ2) is 13.6. The van der Waals surface area contributed by atoms with E-state index in [1.54, 1.807) is 12.3 Å². The third-order valence-corrected chi connectivity index (χ3v) is 7.56. The van der Waals surface area contributed by atoms with Crippen LogP contribution >= 0.6 is 24.8 Å². The van der Waals surface area contributed by atoms with Crippen molar-refractivity contribution in [3.05, 3.63) is 77.1 Å². The number of hydrogen-bond acceptors (Lipinski definition) is 6. The number of halogens is 6. The van der Waals surface area contributed by atoms with Crippen LogP contribution in [0.5, 0.6) is 0 Å². The van der Waals surface area contributed by atoms with Crippen molar-refractivity contribution >= 4 is 42.1 Å². The maximum Gasteiger partial charge on any atom is 0.258 e. The molecule has 5 rings (SSSR count). The topological polar surface area (TPSA) is 101 Å². The molecule has 3 heterocycles. The first kappa shape index (κ1) is 33.5. The molecule has 2 saturated heterocycles. The summed E-state index contributed by atoms with van der Waals surface area (Å²) in [6, 6.07) is 5.05. The molecule has 0 spiro atoms. The number of rotatable bonds is 5. The quantitative estimate of drug-likeness (QED) is 0.319. The lowest BCUT2D eigenvalue weighted by molar-refractivity contribution is -0.0682. The van der Waals surface area contributed by atoms with Gasteiger partial charge in [0.05, 0.1) is 39.9 Å². The summed E-state index contributed by atoms with van der Waals surface area (Å²) in [6.07, 6.45) is 4.04. The van der Waals surface area contributed by atoms with Gasteiger partial charge in [-0.1, -0.05) is 6.92 Å². The van der Waals surface area contributed by atoms with E-state index in [1.807, 2.05) is 4.90 Å². The van der Waals surface area contributed by atoms with Gasteiger partial charge >= 0.3 is 0 Å². The van der Waals surface area contributed by atoms with Crippen molar-refractivity contribution in [2.24, 2.45) is 11.7 Å². The molecule has 2 fully saturated rings. The molecule has 0 bridgehead atoms.